The fourth-order valence-electron chi connectivity index (χ4n) is 0.830. The molecule has 4 N–H and O–H groups in total. The highest BCUT2D eigenvalue weighted by Crippen LogP contribution is 2.17. The van der Waals surface area contributed by atoms with Crippen LogP contribution in [-0.4, -0.2) is 25.4 Å². The summed E-state index contributed by atoms with van der Waals surface area (Å²) in [6, 6.07) is 1.91. The number of aromatic amines is 2. The van der Waals surface area contributed by atoms with Crippen molar-refractivity contribution >= 4 is 17.7 Å². The van der Waals surface area contributed by atoms with Gasteiger partial charge in [-0.1, -0.05) is 11.8 Å². The van der Waals surface area contributed by atoms with Crippen LogP contribution in [-0.2, 0) is 5.75 Å². The Hall–Kier alpha value is -1.50. The van der Waals surface area contributed by atoms with Crippen molar-refractivity contribution < 1.29 is 0 Å². The molecule has 68 valence electrons. The van der Waals surface area contributed by atoms with E-state index in [-0.39, 0.29) is 0 Å². The van der Waals surface area contributed by atoms with Gasteiger partial charge in [-0.3, -0.25) is 5.10 Å². The van der Waals surface area contributed by atoms with Gasteiger partial charge in [0.2, 0.25) is 11.1 Å². The number of hydrogen-bond donors (Lipinski definition) is 3. The molecular formula is C6H8N6S. The largest absolute Gasteiger partial charge is 0.368 e. The third kappa shape index (κ3) is 2.00. The summed E-state index contributed by atoms with van der Waals surface area (Å²) in [5, 5.41) is 13.8. The van der Waals surface area contributed by atoms with Crippen molar-refractivity contribution in [3.05, 3.63) is 18.0 Å². The summed E-state index contributed by atoms with van der Waals surface area (Å²) >= 11 is 1.49. The molecule has 2 aromatic rings. The molecule has 0 bridgehead atoms. The van der Waals surface area contributed by atoms with Crippen LogP contribution in [0.1, 0.15) is 5.69 Å². The van der Waals surface area contributed by atoms with E-state index in [0.29, 0.717) is 11.1 Å². The molecule has 2 aromatic heterocycles. The number of nitrogen functional groups attached to an aromatic ring is 1. The second-order valence-electron chi connectivity index (χ2n) is 2.37. The van der Waals surface area contributed by atoms with E-state index in [2.05, 4.69) is 25.4 Å². The molecule has 2 rings (SSSR count). The summed E-state index contributed by atoms with van der Waals surface area (Å²) < 4.78 is 0. The van der Waals surface area contributed by atoms with Gasteiger partial charge in [0.25, 0.3) is 0 Å². The van der Waals surface area contributed by atoms with Crippen molar-refractivity contribution in [2.75, 3.05) is 5.73 Å². The molecule has 13 heavy (non-hydrogen) atoms. The van der Waals surface area contributed by atoms with Crippen molar-refractivity contribution in [1.82, 2.24) is 25.4 Å². The third-order valence-corrected chi connectivity index (χ3v) is 2.29. The van der Waals surface area contributed by atoms with E-state index in [1.54, 1.807) is 6.20 Å². The highest BCUT2D eigenvalue weighted by atomic mass is 32.2. The van der Waals surface area contributed by atoms with Crippen LogP contribution in [0.15, 0.2) is 17.4 Å². The molecule has 0 saturated heterocycles. The normalized spacial score (nSPS) is 10.5. The van der Waals surface area contributed by atoms with E-state index in [1.165, 1.54) is 11.8 Å². The SMILES string of the molecule is Nc1nc(SCc2ccn[nH]2)n[nH]1. The molecule has 0 saturated carbocycles. The van der Waals surface area contributed by atoms with Crippen molar-refractivity contribution in [3.63, 3.8) is 0 Å². The fraction of sp³-hybridized carbons (Fsp3) is 0.167. The summed E-state index contributed by atoms with van der Waals surface area (Å²) in [7, 11) is 0. The lowest BCUT2D eigenvalue weighted by molar-refractivity contribution is 0.969. The van der Waals surface area contributed by atoms with Crippen LogP contribution in [0.5, 0.6) is 0 Å². The zero-order chi connectivity index (χ0) is 9.10. The lowest BCUT2D eigenvalue weighted by atomic mass is 10.5. The van der Waals surface area contributed by atoms with Crippen LogP contribution in [0.25, 0.3) is 0 Å². The molecule has 0 fully saturated rings. The molecule has 0 spiro atoms. The average molecular weight is 196 g/mol. The summed E-state index contributed by atoms with van der Waals surface area (Å²) in [6.07, 6.45) is 1.71. The number of H-pyrrole nitrogens is 2. The van der Waals surface area contributed by atoms with E-state index in [4.69, 9.17) is 5.73 Å². The molecule has 6 nitrogen and oxygen atoms in total. The number of aromatic nitrogens is 5. The number of anilines is 1. The Morgan fingerprint density at radius 1 is 1.46 bits per heavy atom. The Labute approximate surface area is 78.3 Å². The minimum Gasteiger partial charge on any atom is -0.368 e. The van der Waals surface area contributed by atoms with Gasteiger partial charge in [-0.2, -0.15) is 10.1 Å². The van der Waals surface area contributed by atoms with Gasteiger partial charge in [0.05, 0.1) is 0 Å². The lowest BCUT2D eigenvalue weighted by Gasteiger charge is -1.91. The van der Waals surface area contributed by atoms with Crippen LogP contribution < -0.4 is 5.73 Å². The highest BCUT2D eigenvalue weighted by Gasteiger charge is 2.01. The summed E-state index contributed by atoms with van der Waals surface area (Å²) in [6.45, 7) is 0. The Kier molecular flexibility index (Phi) is 2.17. The van der Waals surface area contributed by atoms with Crippen molar-refractivity contribution in [1.29, 1.82) is 0 Å². The van der Waals surface area contributed by atoms with Crippen molar-refractivity contribution in [3.8, 4) is 0 Å². The molecule has 0 aliphatic heterocycles. The Balaban J connectivity index is 1.93. The molecule has 0 amide bonds. The summed E-state index contributed by atoms with van der Waals surface area (Å²) in [4.78, 5) is 3.95. The minimum atomic E-state index is 0.340. The first-order valence-electron chi connectivity index (χ1n) is 3.63. The molecule has 2 heterocycles. The second kappa shape index (κ2) is 3.48. The number of hydrogen-bond acceptors (Lipinski definition) is 5. The van der Waals surface area contributed by atoms with E-state index >= 15 is 0 Å². The fourth-order valence-corrected chi connectivity index (χ4v) is 1.55. The quantitative estimate of drug-likeness (QED) is 0.617. The minimum absolute atomic E-state index is 0.340. The van der Waals surface area contributed by atoms with Crippen LogP contribution in [0.3, 0.4) is 0 Å². The number of thioether (sulfide) groups is 1. The van der Waals surface area contributed by atoms with Crippen LogP contribution >= 0.6 is 11.8 Å². The van der Waals surface area contributed by atoms with E-state index in [0.717, 1.165) is 11.4 Å². The van der Waals surface area contributed by atoms with Crippen molar-refractivity contribution in [2.45, 2.75) is 10.9 Å². The first-order chi connectivity index (χ1) is 6.34. The average Bonchev–Trinajstić information content (AvgIpc) is 2.71. The molecule has 0 aromatic carbocycles. The Bertz CT molecular complexity index is 366. The predicted octanol–water partition coefficient (Wildman–Crippen LogP) is 0.402. The molecule has 0 aliphatic carbocycles. The number of rotatable bonds is 3. The van der Waals surface area contributed by atoms with E-state index < -0.39 is 0 Å². The van der Waals surface area contributed by atoms with E-state index in [1.807, 2.05) is 6.07 Å². The van der Waals surface area contributed by atoms with Crippen LogP contribution in [0, 0.1) is 0 Å². The van der Waals surface area contributed by atoms with Gasteiger partial charge in [-0.05, 0) is 6.07 Å². The van der Waals surface area contributed by atoms with Gasteiger partial charge in [-0.15, -0.1) is 5.10 Å². The third-order valence-electron chi connectivity index (χ3n) is 1.40. The number of nitrogens with two attached hydrogens (primary N) is 1. The zero-order valence-electron chi connectivity index (χ0n) is 6.69. The zero-order valence-corrected chi connectivity index (χ0v) is 7.51. The molecule has 0 unspecified atom stereocenters. The Morgan fingerprint density at radius 3 is 3.00 bits per heavy atom. The first kappa shape index (κ1) is 8.11. The predicted molar refractivity (Wildman–Crippen MR) is 48.9 cm³/mol. The molecule has 0 atom stereocenters. The molecule has 0 radical (unpaired) electrons. The standard InChI is InChI=1S/C6H8N6S/c7-5-9-6(12-11-5)13-3-4-1-2-8-10-4/h1-2H,3H2,(H,8,10)(H3,7,9,11,12). The second-order valence-corrected chi connectivity index (χ2v) is 3.32. The maximum absolute atomic E-state index is 5.36. The van der Waals surface area contributed by atoms with Crippen LogP contribution in [0.2, 0.25) is 0 Å². The first-order valence-corrected chi connectivity index (χ1v) is 4.62. The number of nitrogens with one attached hydrogen (secondary N) is 2. The van der Waals surface area contributed by atoms with Gasteiger partial charge >= 0.3 is 0 Å². The Morgan fingerprint density at radius 2 is 2.38 bits per heavy atom. The van der Waals surface area contributed by atoms with Gasteiger partial charge in [-0.25, -0.2) is 5.10 Å². The van der Waals surface area contributed by atoms with Gasteiger partial charge in [0.1, 0.15) is 0 Å². The van der Waals surface area contributed by atoms with Gasteiger partial charge < -0.3 is 5.73 Å². The smallest absolute Gasteiger partial charge is 0.216 e. The molecular weight excluding hydrogens is 188 g/mol. The monoisotopic (exact) mass is 196 g/mol. The summed E-state index contributed by atoms with van der Waals surface area (Å²) in [5.74, 6) is 1.10. The topological polar surface area (TPSA) is 96.3 Å². The van der Waals surface area contributed by atoms with Gasteiger partial charge in [0.15, 0.2) is 0 Å². The maximum atomic E-state index is 5.36. The lowest BCUT2D eigenvalue weighted by Crippen LogP contribution is -1.85. The maximum Gasteiger partial charge on any atom is 0.216 e. The summed E-state index contributed by atoms with van der Waals surface area (Å²) in [5.41, 5.74) is 6.40. The highest BCUT2D eigenvalue weighted by molar-refractivity contribution is 7.98. The van der Waals surface area contributed by atoms with E-state index in [9.17, 15) is 0 Å². The van der Waals surface area contributed by atoms with Crippen molar-refractivity contribution in [2.24, 2.45) is 0 Å². The molecule has 7 heteroatoms. The van der Waals surface area contributed by atoms with Gasteiger partial charge in [0, 0.05) is 17.6 Å². The number of nitrogens with zero attached hydrogens (tertiary/aromatic N) is 3. The van der Waals surface area contributed by atoms with Crippen LogP contribution in [0.4, 0.5) is 5.95 Å². The molecule has 0 aliphatic rings.